The summed E-state index contributed by atoms with van der Waals surface area (Å²) < 4.78 is 0. The van der Waals surface area contributed by atoms with Crippen LogP contribution in [0.3, 0.4) is 0 Å². The van der Waals surface area contributed by atoms with Gasteiger partial charge in [0.2, 0.25) is 0 Å². The first-order valence-corrected chi connectivity index (χ1v) is 5.49. The summed E-state index contributed by atoms with van der Waals surface area (Å²) >= 11 is 0. The second kappa shape index (κ2) is 7.64. The van der Waals surface area contributed by atoms with Crippen molar-refractivity contribution in [3.05, 3.63) is 6.92 Å². The summed E-state index contributed by atoms with van der Waals surface area (Å²) in [6.07, 6.45) is 8.02. The molecule has 0 saturated heterocycles. The molecule has 0 nitrogen and oxygen atoms in total. The highest BCUT2D eigenvalue weighted by molar-refractivity contribution is 4.60. The average molecular weight is 169 g/mol. The fourth-order valence-corrected chi connectivity index (χ4v) is 1.66. The van der Waals surface area contributed by atoms with E-state index in [1.54, 1.807) is 0 Å². The van der Waals surface area contributed by atoms with Crippen LogP contribution in [0, 0.1) is 18.8 Å². The van der Waals surface area contributed by atoms with E-state index in [-0.39, 0.29) is 0 Å². The van der Waals surface area contributed by atoms with E-state index in [4.69, 9.17) is 0 Å². The third-order valence-electron chi connectivity index (χ3n) is 2.50. The van der Waals surface area contributed by atoms with Gasteiger partial charge in [0.05, 0.1) is 0 Å². The van der Waals surface area contributed by atoms with Crippen LogP contribution < -0.4 is 0 Å². The molecule has 0 aromatic heterocycles. The van der Waals surface area contributed by atoms with E-state index in [1.165, 1.54) is 32.1 Å². The summed E-state index contributed by atoms with van der Waals surface area (Å²) in [6, 6.07) is 0. The highest BCUT2D eigenvalue weighted by atomic mass is 14.1. The lowest BCUT2D eigenvalue weighted by molar-refractivity contribution is 0.408. The van der Waals surface area contributed by atoms with E-state index >= 15 is 0 Å². The molecule has 0 amide bonds. The van der Waals surface area contributed by atoms with Crippen molar-refractivity contribution in [2.75, 3.05) is 0 Å². The first-order chi connectivity index (χ1) is 5.70. The largest absolute Gasteiger partial charge is 0.0654 e. The monoisotopic (exact) mass is 169 g/mol. The van der Waals surface area contributed by atoms with Crippen molar-refractivity contribution in [1.82, 2.24) is 0 Å². The zero-order valence-corrected chi connectivity index (χ0v) is 9.10. The summed E-state index contributed by atoms with van der Waals surface area (Å²) in [4.78, 5) is 0. The summed E-state index contributed by atoms with van der Waals surface area (Å²) in [7, 11) is 0. The Kier molecular flexibility index (Phi) is 7.64. The second-order valence-electron chi connectivity index (χ2n) is 4.27. The van der Waals surface area contributed by atoms with Gasteiger partial charge in [-0.15, -0.1) is 0 Å². The molecule has 0 bridgehead atoms. The quantitative estimate of drug-likeness (QED) is 0.528. The van der Waals surface area contributed by atoms with Crippen molar-refractivity contribution < 1.29 is 0 Å². The molecule has 0 fully saturated rings. The standard InChI is InChI=1S/C12H25/c1-5-8-12(6-2)10-7-9-11(3)4/h11-12H,2,5-10H2,1,3-4H3. The Bertz CT molecular complexity index is 84.0. The van der Waals surface area contributed by atoms with Gasteiger partial charge in [-0.2, -0.15) is 0 Å². The van der Waals surface area contributed by atoms with E-state index < -0.39 is 0 Å². The van der Waals surface area contributed by atoms with Crippen LogP contribution in [0.2, 0.25) is 0 Å². The molecule has 1 unspecified atom stereocenters. The van der Waals surface area contributed by atoms with E-state index in [2.05, 4.69) is 27.7 Å². The Morgan fingerprint density at radius 1 is 1.08 bits per heavy atom. The molecule has 0 heteroatoms. The molecule has 0 aromatic carbocycles. The summed E-state index contributed by atoms with van der Waals surface area (Å²) in [5, 5.41) is 0. The van der Waals surface area contributed by atoms with Crippen molar-refractivity contribution in [2.24, 2.45) is 11.8 Å². The first-order valence-electron chi connectivity index (χ1n) is 5.49. The van der Waals surface area contributed by atoms with Crippen molar-refractivity contribution in [2.45, 2.75) is 59.3 Å². The normalized spacial score (nSPS) is 13.8. The van der Waals surface area contributed by atoms with Crippen LogP contribution in [0.25, 0.3) is 0 Å². The zero-order valence-electron chi connectivity index (χ0n) is 9.10. The van der Waals surface area contributed by atoms with Gasteiger partial charge in [0, 0.05) is 0 Å². The number of hydrogen-bond acceptors (Lipinski definition) is 0. The second-order valence-corrected chi connectivity index (χ2v) is 4.27. The smallest absolute Gasteiger partial charge is 0.0414 e. The van der Waals surface area contributed by atoms with Crippen LogP contribution in [0.15, 0.2) is 0 Å². The van der Waals surface area contributed by atoms with Gasteiger partial charge >= 0.3 is 0 Å². The molecule has 0 heterocycles. The third kappa shape index (κ3) is 6.69. The minimum atomic E-state index is 0.872. The molecule has 0 rings (SSSR count). The van der Waals surface area contributed by atoms with Crippen LogP contribution in [0.1, 0.15) is 59.3 Å². The molecule has 73 valence electrons. The Hall–Kier alpha value is 0. The maximum Gasteiger partial charge on any atom is -0.0414 e. The van der Waals surface area contributed by atoms with Crippen molar-refractivity contribution in [3.63, 3.8) is 0 Å². The lowest BCUT2D eigenvalue weighted by Crippen LogP contribution is -1.99. The molecule has 0 spiro atoms. The summed E-state index contributed by atoms with van der Waals surface area (Å²) in [5.41, 5.74) is 0. The van der Waals surface area contributed by atoms with Gasteiger partial charge in [-0.3, -0.25) is 0 Å². The van der Waals surface area contributed by atoms with Gasteiger partial charge in [-0.05, 0) is 11.8 Å². The molecule has 1 atom stereocenters. The maximum atomic E-state index is 4.00. The molecule has 12 heavy (non-hydrogen) atoms. The predicted molar refractivity (Wildman–Crippen MR) is 57.1 cm³/mol. The molecule has 0 aliphatic heterocycles. The maximum absolute atomic E-state index is 4.00. The third-order valence-corrected chi connectivity index (χ3v) is 2.50. The molecule has 0 aliphatic rings. The molecular weight excluding hydrogens is 144 g/mol. The Balaban J connectivity index is 3.31. The van der Waals surface area contributed by atoms with Crippen LogP contribution in [-0.2, 0) is 0 Å². The van der Waals surface area contributed by atoms with E-state index in [0.717, 1.165) is 18.3 Å². The Morgan fingerprint density at radius 3 is 2.17 bits per heavy atom. The van der Waals surface area contributed by atoms with Crippen LogP contribution in [-0.4, -0.2) is 0 Å². The first kappa shape index (κ1) is 12.0. The summed E-state index contributed by atoms with van der Waals surface area (Å²) in [6.45, 7) is 10.9. The van der Waals surface area contributed by atoms with Gasteiger partial charge in [0.15, 0.2) is 0 Å². The van der Waals surface area contributed by atoms with Crippen LogP contribution >= 0.6 is 0 Å². The highest BCUT2D eigenvalue weighted by Crippen LogP contribution is 2.19. The van der Waals surface area contributed by atoms with Gasteiger partial charge in [0.25, 0.3) is 0 Å². The van der Waals surface area contributed by atoms with Crippen LogP contribution in [0.4, 0.5) is 0 Å². The molecule has 0 aromatic rings. The van der Waals surface area contributed by atoms with Crippen LogP contribution in [0.5, 0.6) is 0 Å². The van der Waals surface area contributed by atoms with E-state index in [0.29, 0.717) is 0 Å². The van der Waals surface area contributed by atoms with Gasteiger partial charge < -0.3 is 0 Å². The molecule has 0 saturated carbocycles. The minimum absolute atomic E-state index is 0.872. The van der Waals surface area contributed by atoms with Crippen molar-refractivity contribution in [1.29, 1.82) is 0 Å². The predicted octanol–water partition coefficient (Wildman–Crippen LogP) is 4.45. The average Bonchev–Trinajstić information content (AvgIpc) is 2.02. The minimum Gasteiger partial charge on any atom is -0.0654 e. The van der Waals surface area contributed by atoms with Gasteiger partial charge in [0.1, 0.15) is 0 Å². The molecular formula is C12H25. The Labute approximate surface area is 78.8 Å². The van der Waals surface area contributed by atoms with Crippen molar-refractivity contribution >= 4 is 0 Å². The molecule has 0 aliphatic carbocycles. The van der Waals surface area contributed by atoms with Gasteiger partial charge in [-0.25, -0.2) is 0 Å². The number of hydrogen-bond donors (Lipinski definition) is 0. The van der Waals surface area contributed by atoms with Crippen molar-refractivity contribution in [3.8, 4) is 0 Å². The van der Waals surface area contributed by atoms with E-state index in [9.17, 15) is 0 Å². The Morgan fingerprint density at radius 2 is 1.75 bits per heavy atom. The zero-order chi connectivity index (χ0) is 9.40. The fourth-order valence-electron chi connectivity index (χ4n) is 1.66. The molecule has 1 radical (unpaired) electrons. The van der Waals surface area contributed by atoms with Gasteiger partial charge in [-0.1, -0.05) is 66.2 Å². The topological polar surface area (TPSA) is 0 Å². The summed E-state index contributed by atoms with van der Waals surface area (Å²) in [5.74, 6) is 1.77. The van der Waals surface area contributed by atoms with E-state index in [1.807, 2.05) is 0 Å². The SMILES string of the molecule is [CH2]CC(CCC)CCCC(C)C. The lowest BCUT2D eigenvalue weighted by atomic mass is 9.93. The fraction of sp³-hybridized carbons (Fsp3) is 0.917. The lowest BCUT2D eigenvalue weighted by Gasteiger charge is -2.13. The molecule has 0 N–H and O–H groups in total. The highest BCUT2D eigenvalue weighted by Gasteiger charge is 2.04. The number of rotatable bonds is 7.